The van der Waals surface area contributed by atoms with Crippen LogP contribution in [0.15, 0.2) is 36.7 Å². The van der Waals surface area contributed by atoms with E-state index >= 15 is 0 Å². The summed E-state index contributed by atoms with van der Waals surface area (Å²) in [5, 5.41) is 3.87. The van der Waals surface area contributed by atoms with Crippen molar-refractivity contribution >= 4 is 64.5 Å². The molecule has 1 aliphatic rings. The molecule has 3 aromatic rings. The van der Waals surface area contributed by atoms with E-state index in [1.165, 1.54) is 18.5 Å². The molecule has 1 atom stereocenters. The first-order chi connectivity index (χ1) is 12.6. The first-order valence-corrected chi connectivity index (χ1v) is 8.48. The second kappa shape index (κ2) is 9.43. The van der Waals surface area contributed by atoms with Crippen LogP contribution in [0.2, 0.25) is 5.02 Å². The van der Waals surface area contributed by atoms with Crippen molar-refractivity contribution in [2.24, 2.45) is 0 Å². The highest BCUT2D eigenvalue weighted by Gasteiger charge is 2.19. The van der Waals surface area contributed by atoms with E-state index in [0.717, 1.165) is 11.8 Å². The molecule has 3 N–H and O–H groups in total. The normalized spacial score (nSPS) is 15.6. The Morgan fingerprint density at radius 2 is 2.04 bits per heavy atom. The molecule has 28 heavy (non-hydrogen) atoms. The van der Waals surface area contributed by atoms with Crippen LogP contribution in [0.3, 0.4) is 0 Å². The van der Waals surface area contributed by atoms with Gasteiger partial charge in [-0.25, -0.2) is 14.4 Å². The largest absolute Gasteiger partial charge is 0.486 e. The molecule has 1 aromatic heterocycles. The molecule has 2 aromatic carbocycles. The summed E-state index contributed by atoms with van der Waals surface area (Å²) >= 11 is 5.83. The van der Waals surface area contributed by atoms with Gasteiger partial charge in [-0.3, -0.25) is 0 Å². The maximum atomic E-state index is 13.3. The van der Waals surface area contributed by atoms with Crippen molar-refractivity contribution in [1.29, 1.82) is 0 Å². The van der Waals surface area contributed by atoms with Crippen molar-refractivity contribution in [3.8, 4) is 5.75 Å². The molecule has 1 aliphatic heterocycles. The zero-order valence-electron chi connectivity index (χ0n) is 14.5. The van der Waals surface area contributed by atoms with Gasteiger partial charge in [-0.2, -0.15) is 0 Å². The Kier molecular flexibility index (Phi) is 7.48. The SMILES string of the molecule is Cl.Cl.Nc1cc2c(Nc3ccc(F)c(Cl)c3)ncnc2cc1O[C@H]1CCOC1. The van der Waals surface area contributed by atoms with Crippen LogP contribution >= 0.6 is 36.4 Å². The minimum absolute atomic E-state index is 0. The van der Waals surface area contributed by atoms with Crippen LogP contribution in [-0.4, -0.2) is 29.3 Å². The standard InChI is InChI=1S/C18H16ClFN4O2.2ClH/c19-13-5-10(1-2-14(13)20)24-18-12-6-15(21)17(7-16(12)22-9-23-18)26-11-3-4-25-8-11;;/h1-2,5-7,9,11H,3-4,8,21H2,(H,22,23,24);2*1H/t11-;;/m0../s1. The molecule has 0 saturated carbocycles. The Balaban J connectivity index is 0.00000140. The summed E-state index contributed by atoms with van der Waals surface area (Å²) < 4.78 is 24.6. The smallest absolute Gasteiger partial charge is 0.144 e. The highest BCUT2D eigenvalue weighted by Crippen LogP contribution is 2.33. The molecular formula is C18H18Cl3FN4O2. The third kappa shape index (κ3) is 4.67. The molecule has 2 heterocycles. The van der Waals surface area contributed by atoms with Crippen LogP contribution in [-0.2, 0) is 4.74 Å². The van der Waals surface area contributed by atoms with Gasteiger partial charge in [0.2, 0.25) is 0 Å². The average Bonchev–Trinajstić information content (AvgIpc) is 3.13. The molecule has 1 fully saturated rings. The van der Waals surface area contributed by atoms with E-state index in [2.05, 4.69) is 15.3 Å². The number of hydrogen-bond acceptors (Lipinski definition) is 6. The van der Waals surface area contributed by atoms with E-state index < -0.39 is 5.82 Å². The molecule has 0 spiro atoms. The molecule has 0 unspecified atom stereocenters. The molecule has 1 saturated heterocycles. The maximum Gasteiger partial charge on any atom is 0.144 e. The Bertz CT molecular complexity index is 971. The number of fused-ring (bicyclic) bond motifs is 1. The number of benzene rings is 2. The highest BCUT2D eigenvalue weighted by atomic mass is 35.5. The van der Waals surface area contributed by atoms with Crippen molar-refractivity contribution in [2.75, 3.05) is 24.3 Å². The van der Waals surface area contributed by atoms with Gasteiger partial charge in [-0.1, -0.05) is 11.6 Å². The number of halogens is 4. The van der Waals surface area contributed by atoms with E-state index in [0.29, 0.717) is 41.7 Å². The number of nitrogens with zero attached hydrogens (tertiary/aromatic N) is 2. The lowest BCUT2D eigenvalue weighted by molar-refractivity contribution is 0.142. The molecule has 0 bridgehead atoms. The predicted molar refractivity (Wildman–Crippen MR) is 113 cm³/mol. The summed E-state index contributed by atoms with van der Waals surface area (Å²) in [6, 6.07) is 7.90. The van der Waals surface area contributed by atoms with Gasteiger partial charge < -0.3 is 20.5 Å². The highest BCUT2D eigenvalue weighted by molar-refractivity contribution is 6.31. The Morgan fingerprint density at radius 3 is 2.75 bits per heavy atom. The van der Waals surface area contributed by atoms with Gasteiger partial charge in [0, 0.05) is 23.6 Å². The summed E-state index contributed by atoms with van der Waals surface area (Å²) in [5.41, 5.74) is 7.93. The quantitative estimate of drug-likeness (QED) is 0.561. The number of aromatic nitrogens is 2. The molecule has 150 valence electrons. The number of nitrogens with one attached hydrogen (secondary N) is 1. The van der Waals surface area contributed by atoms with Gasteiger partial charge >= 0.3 is 0 Å². The molecule has 10 heteroatoms. The second-order valence-corrected chi connectivity index (χ2v) is 6.39. The average molecular weight is 448 g/mol. The fourth-order valence-corrected chi connectivity index (χ4v) is 2.98. The molecule has 0 amide bonds. The molecule has 6 nitrogen and oxygen atoms in total. The number of nitrogen functional groups attached to an aromatic ring is 1. The third-order valence-corrected chi connectivity index (χ3v) is 4.42. The molecule has 4 rings (SSSR count). The van der Waals surface area contributed by atoms with Crippen molar-refractivity contribution in [1.82, 2.24) is 9.97 Å². The van der Waals surface area contributed by atoms with Crippen molar-refractivity contribution in [3.05, 3.63) is 47.5 Å². The van der Waals surface area contributed by atoms with Crippen LogP contribution < -0.4 is 15.8 Å². The molecule has 0 aliphatic carbocycles. The van der Waals surface area contributed by atoms with Crippen molar-refractivity contribution in [3.63, 3.8) is 0 Å². The van der Waals surface area contributed by atoms with Crippen LogP contribution in [0.25, 0.3) is 10.9 Å². The first kappa shape index (κ1) is 22.2. The monoisotopic (exact) mass is 446 g/mol. The number of anilines is 3. The van der Waals surface area contributed by atoms with Crippen molar-refractivity contribution in [2.45, 2.75) is 12.5 Å². The summed E-state index contributed by atoms with van der Waals surface area (Å²) in [5.74, 6) is 0.634. The van der Waals surface area contributed by atoms with Gasteiger partial charge in [0.05, 0.1) is 29.4 Å². The number of rotatable bonds is 4. The Morgan fingerprint density at radius 1 is 1.21 bits per heavy atom. The lowest BCUT2D eigenvalue weighted by Crippen LogP contribution is -2.16. The summed E-state index contributed by atoms with van der Waals surface area (Å²) in [4.78, 5) is 8.54. The molecular weight excluding hydrogens is 430 g/mol. The lowest BCUT2D eigenvalue weighted by Gasteiger charge is -2.15. The number of ether oxygens (including phenoxy) is 2. The fourth-order valence-electron chi connectivity index (χ4n) is 2.80. The topological polar surface area (TPSA) is 82.3 Å². The third-order valence-electron chi connectivity index (χ3n) is 4.13. The maximum absolute atomic E-state index is 13.3. The predicted octanol–water partition coefficient (Wildman–Crippen LogP) is 4.76. The van der Waals surface area contributed by atoms with Gasteiger partial charge in [-0.05, 0) is 24.3 Å². The Labute approximate surface area is 178 Å². The van der Waals surface area contributed by atoms with Crippen molar-refractivity contribution < 1.29 is 13.9 Å². The van der Waals surface area contributed by atoms with E-state index in [1.807, 2.05) is 0 Å². The minimum atomic E-state index is -0.480. The van der Waals surface area contributed by atoms with E-state index in [1.54, 1.807) is 18.2 Å². The number of hydrogen-bond donors (Lipinski definition) is 2. The fraction of sp³-hybridized carbons (Fsp3) is 0.222. The van der Waals surface area contributed by atoms with Crippen LogP contribution in [0.5, 0.6) is 5.75 Å². The van der Waals surface area contributed by atoms with Gasteiger partial charge in [-0.15, -0.1) is 24.8 Å². The van der Waals surface area contributed by atoms with E-state index in [9.17, 15) is 4.39 Å². The van der Waals surface area contributed by atoms with Crippen LogP contribution in [0.4, 0.5) is 21.6 Å². The zero-order chi connectivity index (χ0) is 18.1. The number of nitrogens with two attached hydrogens (primary N) is 1. The van der Waals surface area contributed by atoms with Gasteiger partial charge in [0.15, 0.2) is 0 Å². The second-order valence-electron chi connectivity index (χ2n) is 5.99. The van der Waals surface area contributed by atoms with Crippen LogP contribution in [0, 0.1) is 5.82 Å². The first-order valence-electron chi connectivity index (χ1n) is 8.11. The van der Waals surface area contributed by atoms with Gasteiger partial charge in [0.25, 0.3) is 0 Å². The zero-order valence-corrected chi connectivity index (χ0v) is 16.9. The van der Waals surface area contributed by atoms with Gasteiger partial charge in [0.1, 0.15) is 29.8 Å². The summed E-state index contributed by atoms with van der Waals surface area (Å²) in [6.45, 7) is 1.24. The van der Waals surface area contributed by atoms with E-state index in [4.69, 9.17) is 26.8 Å². The minimum Gasteiger partial charge on any atom is -0.486 e. The Hall–Kier alpha value is -2.06. The molecule has 0 radical (unpaired) electrons. The summed E-state index contributed by atoms with van der Waals surface area (Å²) in [7, 11) is 0. The lowest BCUT2D eigenvalue weighted by atomic mass is 10.2. The van der Waals surface area contributed by atoms with Crippen LogP contribution in [0.1, 0.15) is 6.42 Å². The van der Waals surface area contributed by atoms with E-state index in [-0.39, 0.29) is 35.9 Å². The summed E-state index contributed by atoms with van der Waals surface area (Å²) in [6.07, 6.45) is 2.27.